The summed E-state index contributed by atoms with van der Waals surface area (Å²) in [5.74, 6) is 0.220. The molecule has 2 aliphatic heterocycles. The van der Waals surface area contributed by atoms with Gasteiger partial charge in [-0.3, -0.25) is 15.8 Å². The van der Waals surface area contributed by atoms with Crippen LogP contribution in [0.1, 0.15) is 29.5 Å². The number of ether oxygens (including phenoxy) is 2. The van der Waals surface area contributed by atoms with Crippen LogP contribution in [0.15, 0.2) is 42.5 Å². The number of fused-ring (bicyclic) bond motifs is 4. The number of aryl methyl sites for hydroxylation is 2. The van der Waals surface area contributed by atoms with E-state index in [-0.39, 0.29) is 11.7 Å². The maximum Gasteiger partial charge on any atom is 0.422 e. The number of carbonyl (C=O) groups excluding carboxylic acids is 1. The smallest absolute Gasteiger partial charge is 0.422 e. The Balaban J connectivity index is 1.59. The second-order valence-electron chi connectivity index (χ2n) is 8.68. The van der Waals surface area contributed by atoms with Gasteiger partial charge in [0.05, 0.1) is 0 Å². The zero-order valence-electron chi connectivity index (χ0n) is 17.5. The van der Waals surface area contributed by atoms with Crippen molar-refractivity contribution in [2.45, 2.75) is 49.3 Å². The van der Waals surface area contributed by atoms with E-state index in [1.165, 1.54) is 28.2 Å². The number of hydrogen-bond donors (Lipinski definition) is 2. The molecule has 9 heteroatoms. The number of nitrogens with two attached hydrogens (primary N) is 1. The highest BCUT2D eigenvalue weighted by atomic mass is 19.4. The van der Waals surface area contributed by atoms with Crippen LogP contribution in [0.4, 0.5) is 13.2 Å². The lowest BCUT2D eigenvalue weighted by Crippen LogP contribution is -2.62. The Kier molecular flexibility index (Phi) is 4.69. The van der Waals surface area contributed by atoms with E-state index in [2.05, 4.69) is 17.4 Å². The average Bonchev–Trinajstić information content (AvgIpc) is 3.05. The van der Waals surface area contributed by atoms with E-state index in [9.17, 15) is 18.0 Å². The summed E-state index contributed by atoms with van der Waals surface area (Å²) in [6.45, 7) is -1.42. The fourth-order valence-electron chi connectivity index (χ4n) is 5.29. The van der Waals surface area contributed by atoms with Crippen LogP contribution in [0.3, 0.4) is 0 Å². The summed E-state index contributed by atoms with van der Waals surface area (Å²) in [6, 6.07) is 12.6. The number of rotatable bonds is 2. The molecule has 2 aromatic rings. The monoisotopic (exact) mass is 447 g/mol. The lowest BCUT2D eigenvalue weighted by atomic mass is 9.71. The quantitative estimate of drug-likeness (QED) is 0.741. The highest BCUT2D eigenvalue weighted by Gasteiger charge is 2.68. The van der Waals surface area contributed by atoms with Gasteiger partial charge < -0.3 is 14.4 Å². The topological polar surface area (TPSA) is 76.8 Å². The van der Waals surface area contributed by atoms with Crippen molar-refractivity contribution in [1.82, 2.24) is 10.2 Å². The number of carbonyl (C=O) groups is 1. The molecule has 0 bridgehead atoms. The van der Waals surface area contributed by atoms with Crippen molar-refractivity contribution in [1.29, 1.82) is 0 Å². The molecule has 2 heterocycles. The summed E-state index contributed by atoms with van der Waals surface area (Å²) in [4.78, 5) is 15.1. The van der Waals surface area contributed by atoms with Gasteiger partial charge in [0.1, 0.15) is 23.4 Å². The third-order valence-electron chi connectivity index (χ3n) is 6.88. The molecule has 170 valence electrons. The Morgan fingerprint density at radius 3 is 2.41 bits per heavy atom. The first-order chi connectivity index (χ1) is 15.2. The van der Waals surface area contributed by atoms with E-state index in [1.807, 2.05) is 12.1 Å². The van der Waals surface area contributed by atoms with E-state index >= 15 is 0 Å². The Hall–Kier alpha value is -2.78. The zero-order chi connectivity index (χ0) is 22.7. The zero-order valence-corrected chi connectivity index (χ0v) is 17.5. The molecule has 1 saturated heterocycles. The second kappa shape index (κ2) is 7.11. The Bertz CT molecular complexity index is 1050. The lowest BCUT2D eigenvalue weighted by molar-refractivity contribution is -0.153. The number of alkyl halides is 3. The van der Waals surface area contributed by atoms with Gasteiger partial charge in [0.25, 0.3) is 5.91 Å². The first-order valence-corrected chi connectivity index (χ1v) is 10.6. The molecule has 6 nitrogen and oxygen atoms in total. The Labute approximate surface area is 183 Å². The van der Waals surface area contributed by atoms with Crippen LogP contribution in [0.25, 0.3) is 0 Å². The van der Waals surface area contributed by atoms with Gasteiger partial charge in [0.2, 0.25) is 0 Å². The average molecular weight is 447 g/mol. The van der Waals surface area contributed by atoms with Gasteiger partial charge in [-0.2, -0.15) is 13.2 Å². The molecule has 0 radical (unpaired) electrons. The Morgan fingerprint density at radius 1 is 1.19 bits per heavy atom. The van der Waals surface area contributed by atoms with E-state index in [0.717, 1.165) is 0 Å². The highest BCUT2D eigenvalue weighted by Crippen LogP contribution is 2.56. The minimum Gasteiger partial charge on any atom is -0.484 e. The summed E-state index contributed by atoms with van der Waals surface area (Å²) in [7, 11) is 1.61. The van der Waals surface area contributed by atoms with Crippen LogP contribution < -0.4 is 20.5 Å². The van der Waals surface area contributed by atoms with Crippen LogP contribution in [-0.2, 0) is 23.2 Å². The van der Waals surface area contributed by atoms with Crippen LogP contribution in [0, 0.1) is 0 Å². The predicted molar refractivity (Wildman–Crippen MR) is 110 cm³/mol. The maximum absolute atomic E-state index is 13.7. The van der Waals surface area contributed by atoms with E-state index in [1.54, 1.807) is 13.1 Å². The summed E-state index contributed by atoms with van der Waals surface area (Å²) in [5, 5.41) is 3.25. The number of halogens is 3. The fourth-order valence-corrected chi connectivity index (χ4v) is 5.29. The van der Waals surface area contributed by atoms with Gasteiger partial charge in [-0.25, -0.2) is 0 Å². The number of likely N-dealkylation sites (N-methyl/N-ethyl adjacent to an activating group) is 1. The Morgan fingerprint density at radius 2 is 1.84 bits per heavy atom. The first-order valence-electron chi connectivity index (χ1n) is 10.6. The molecule has 2 unspecified atom stereocenters. The molecule has 3 N–H and O–H groups in total. The number of benzene rings is 2. The molecule has 0 aromatic heterocycles. The van der Waals surface area contributed by atoms with Crippen molar-refractivity contribution in [3.63, 3.8) is 0 Å². The van der Waals surface area contributed by atoms with Crippen molar-refractivity contribution < 1.29 is 27.4 Å². The van der Waals surface area contributed by atoms with Gasteiger partial charge in [0, 0.05) is 12.6 Å². The van der Waals surface area contributed by atoms with Gasteiger partial charge >= 0.3 is 6.18 Å². The number of nitrogens with one attached hydrogen (secondary N) is 1. The number of hydrogen-bond acceptors (Lipinski definition) is 5. The normalized spacial score (nSPS) is 26.1. The maximum atomic E-state index is 13.7. The highest BCUT2D eigenvalue weighted by molar-refractivity contribution is 5.93. The molecule has 5 rings (SSSR count). The summed E-state index contributed by atoms with van der Waals surface area (Å²) in [6.07, 6.45) is -2.70. The molecular formula is C23H24F3N3O3. The third kappa shape index (κ3) is 3.06. The molecular weight excluding hydrogens is 423 g/mol. The molecule has 1 amide bonds. The van der Waals surface area contributed by atoms with Crippen molar-refractivity contribution in [2.75, 3.05) is 13.7 Å². The van der Waals surface area contributed by atoms with Gasteiger partial charge in [-0.05, 0) is 55.0 Å². The largest absolute Gasteiger partial charge is 0.484 e. The van der Waals surface area contributed by atoms with Crippen molar-refractivity contribution in [3.8, 4) is 11.5 Å². The van der Waals surface area contributed by atoms with Crippen LogP contribution >= 0.6 is 0 Å². The second-order valence-corrected chi connectivity index (χ2v) is 8.68. The van der Waals surface area contributed by atoms with Crippen molar-refractivity contribution >= 4 is 5.91 Å². The summed E-state index contributed by atoms with van der Waals surface area (Å²) >= 11 is 0. The molecule has 2 aromatic carbocycles. The minimum atomic E-state index is -4.47. The van der Waals surface area contributed by atoms with Crippen LogP contribution in [0.5, 0.6) is 11.5 Å². The number of amides is 1. The van der Waals surface area contributed by atoms with E-state index < -0.39 is 30.2 Å². The summed E-state index contributed by atoms with van der Waals surface area (Å²) < 4.78 is 49.6. The molecule has 32 heavy (non-hydrogen) atoms. The molecule has 1 aliphatic carbocycles. The summed E-state index contributed by atoms with van der Waals surface area (Å²) in [5.41, 5.74) is 6.84. The number of nitrogens with zero attached hydrogens (tertiary/aromatic N) is 1. The minimum absolute atomic E-state index is 0.0238. The SMILES string of the molecule is CN1C(=O)C2(NC1N)c1cc(OCC(F)(F)F)ccc1OC21CCc2ccccc2CC1. The van der Waals surface area contributed by atoms with Crippen LogP contribution in [-0.4, -0.2) is 42.5 Å². The van der Waals surface area contributed by atoms with Gasteiger partial charge in [0.15, 0.2) is 12.1 Å². The molecule has 0 saturated carbocycles. The fraction of sp³-hybridized carbons (Fsp3) is 0.435. The van der Waals surface area contributed by atoms with Crippen LogP contribution in [0.2, 0.25) is 0 Å². The van der Waals surface area contributed by atoms with E-state index in [4.69, 9.17) is 15.2 Å². The van der Waals surface area contributed by atoms with Gasteiger partial charge in [-0.1, -0.05) is 24.3 Å². The van der Waals surface area contributed by atoms with Gasteiger partial charge in [-0.15, -0.1) is 0 Å². The molecule has 2 atom stereocenters. The lowest BCUT2D eigenvalue weighted by Gasteiger charge is -2.40. The third-order valence-corrected chi connectivity index (χ3v) is 6.88. The molecule has 3 aliphatic rings. The molecule has 1 fully saturated rings. The molecule has 2 spiro atoms. The van der Waals surface area contributed by atoms with E-state index in [0.29, 0.717) is 37.0 Å². The predicted octanol–water partition coefficient (Wildman–Crippen LogP) is 2.84. The van der Waals surface area contributed by atoms with Crippen molar-refractivity contribution in [2.24, 2.45) is 5.73 Å². The standard InChI is InChI=1S/C23H24F3N3O3/c1-29-19(30)23(28-20(29)27)17-12-16(31-13-22(24,25)26)6-7-18(17)32-21(23)10-8-14-4-2-3-5-15(14)9-11-21/h2-7,12,20,28H,8-11,13,27H2,1H3. The first kappa shape index (κ1) is 21.1. The van der Waals surface area contributed by atoms with Crippen molar-refractivity contribution in [3.05, 3.63) is 59.2 Å².